The predicted octanol–water partition coefficient (Wildman–Crippen LogP) is 3.64. The van der Waals surface area contributed by atoms with Gasteiger partial charge in [0.2, 0.25) is 0 Å². The molecule has 0 saturated heterocycles. The van der Waals surface area contributed by atoms with E-state index < -0.39 is 0 Å². The maximum absolute atomic E-state index is 5.74. The number of nitrogens with zero attached hydrogens (tertiary/aromatic N) is 1. The third-order valence-corrected chi connectivity index (χ3v) is 4.20. The van der Waals surface area contributed by atoms with Crippen molar-refractivity contribution in [1.82, 2.24) is 10.6 Å². The van der Waals surface area contributed by atoms with Gasteiger partial charge in [-0.15, -0.1) is 24.0 Å². The lowest BCUT2D eigenvalue weighted by molar-refractivity contribution is 0.297. The molecule has 2 aromatic rings. The molecule has 140 valence electrons. The molecule has 0 fully saturated rings. The molecule has 5 nitrogen and oxygen atoms in total. The average Bonchev–Trinajstić information content (AvgIpc) is 2.88. The molecular weight excluding hydrogens is 441 g/mol. The smallest absolute Gasteiger partial charge is 0.191 e. The Hall–Kier alpha value is -1.96. The van der Waals surface area contributed by atoms with Crippen LogP contribution >= 0.6 is 24.0 Å². The molecule has 2 N–H and O–H groups in total. The zero-order valence-corrected chi connectivity index (χ0v) is 17.6. The van der Waals surface area contributed by atoms with Gasteiger partial charge in [0.15, 0.2) is 17.5 Å². The van der Waals surface area contributed by atoms with Crippen molar-refractivity contribution >= 4 is 29.9 Å². The summed E-state index contributed by atoms with van der Waals surface area (Å²) >= 11 is 0. The second-order valence-corrected chi connectivity index (χ2v) is 6.04. The summed E-state index contributed by atoms with van der Waals surface area (Å²) in [5.41, 5.74) is 3.66. The molecule has 0 amide bonds. The normalized spacial score (nSPS) is 13.4. The number of rotatable bonds is 4. The van der Waals surface area contributed by atoms with Crippen molar-refractivity contribution in [2.24, 2.45) is 4.99 Å². The first kappa shape index (κ1) is 20.4. The number of fused-ring (bicyclic) bond motifs is 1. The highest BCUT2D eigenvalue weighted by Crippen LogP contribution is 2.30. The molecule has 1 aliphatic heterocycles. The fraction of sp³-hybridized carbons (Fsp3) is 0.350. The number of ether oxygens (including phenoxy) is 2. The van der Waals surface area contributed by atoms with Crippen LogP contribution in [0.25, 0.3) is 0 Å². The van der Waals surface area contributed by atoms with Gasteiger partial charge in [-0.1, -0.05) is 30.3 Å². The van der Waals surface area contributed by atoms with Crippen LogP contribution < -0.4 is 20.1 Å². The third kappa shape index (κ3) is 5.52. The molecule has 1 heterocycles. The fourth-order valence-corrected chi connectivity index (χ4v) is 2.71. The van der Waals surface area contributed by atoms with Crippen LogP contribution in [0.3, 0.4) is 0 Å². The van der Waals surface area contributed by atoms with E-state index in [1.807, 2.05) is 12.1 Å². The second-order valence-electron chi connectivity index (χ2n) is 6.04. The molecular formula is C20H26IN3O2. The van der Waals surface area contributed by atoms with Crippen molar-refractivity contribution in [1.29, 1.82) is 0 Å². The van der Waals surface area contributed by atoms with Crippen molar-refractivity contribution in [2.45, 2.75) is 26.4 Å². The number of aliphatic imine (C=N–C) groups is 1. The van der Waals surface area contributed by atoms with Gasteiger partial charge in [0.1, 0.15) is 0 Å². The largest absolute Gasteiger partial charge is 0.490 e. The topological polar surface area (TPSA) is 54.9 Å². The van der Waals surface area contributed by atoms with E-state index in [4.69, 9.17) is 9.47 Å². The minimum Gasteiger partial charge on any atom is -0.490 e. The van der Waals surface area contributed by atoms with E-state index in [-0.39, 0.29) is 24.0 Å². The third-order valence-electron chi connectivity index (χ3n) is 4.20. The molecule has 0 radical (unpaired) electrons. The van der Waals surface area contributed by atoms with Crippen LogP contribution in [0.5, 0.6) is 11.5 Å². The second kappa shape index (κ2) is 10.3. The van der Waals surface area contributed by atoms with Gasteiger partial charge >= 0.3 is 0 Å². The Kier molecular flexibility index (Phi) is 8.03. The summed E-state index contributed by atoms with van der Waals surface area (Å²) in [5, 5.41) is 6.69. The van der Waals surface area contributed by atoms with Gasteiger partial charge in [0, 0.05) is 26.6 Å². The van der Waals surface area contributed by atoms with Gasteiger partial charge in [0.25, 0.3) is 0 Å². The SMILES string of the molecule is CN=C(NCc1ccc2c(c1)OCCCO2)NCc1ccccc1C.I. The van der Waals surface area contributed by atoms with Gasteiger partial charge < -0.3 is 20.1 Å². The first-order valence-corrected chi connectivity index (χ1v) is 8.64. The molecule has 0 unspecified atom stereocenters. The van der Waals surface area contributed by atoms with Gasteiger partial charge in [-0.05, 0) is 35.7 Å². The van der Waals surface area contributed by atoms with Crippen molar-refractivity contribution in [2.75, 3.05) is 20.3 Å². The highest BCUT2D eigenvalue weighted by molar-refractivity contribution is 14.0. The number of guanidine groups is 1. The Morgan fingerprint density at radius 2 is 1.73 bits per heavy atom. The summed E-state index contributed by atoms with van der Waals surface area (Å²) < 4.78 is 11.4. The van der Waals surface area contributed by atoms with Crippen molar-refractivity contribution in [3.05, 3.63) is 59.2 Å². The number of nitrogens with one attached hydrogen (secondary N) is 2. The van der Waals surface area contributed by atoms with Gasteiger partial charge in [-0.2, -0.15) is 0 Å². The highest BCUT2D eigenvalue weighted by atomic mass is 127. The first-order chi connectivity index (χ1) is 12.3. The summed E-state index contributed by atoms with van der Waals surface area (Å²) in [6.07, 6.45) is 0.914. The maximum atomic E-state index is 5.74. The van der Waals surface area contributed by atoms with E-state index in [0.717, 1.165) is 36.0 Å². The van der Waals surface area contributed by atoms with Crippen LogP contribution in [0.15, 0.2) is 47.5 Å². The van der Waals surface area contributed by atoms with Crippen molar-refractivity contribution in [3.8, 4) is 11.5 Å². The molecule has 26 heavy (non-hydrogen) atoms. The van der Waals surface area contributed by atoms with Crippen LogP contribution in [-0.2, 0) is 13.1 Å². The minimum absolute atomic E-state index is 0. The quantitative estimate of drug-likeness (QED) is 0.410. The lowest BCUT2D eigenvalue weighted by Crippen LogP contribution is -2.36. The van der Waals surface area contributed by atoms with Crippen molar-refractivity contribution in [3.63, 3.8) is 0 Å². The summed E-state index contributed by atoms with van der Waals surface area (Å²) in [7, 11) is 1.78. The number of halogens is 1. The van der Waals surface area contributed by atoms with Crippen LogP contribution in [0, 0.1) is 6.92 Å². The van der Waals surface area contributed by atoms with Crippen molar-refractivity contribution < 1.29 is 9.47 Å². The standard InChI is InChI=1S/C20H25N3O2.HI/c1-15-6-3-4-7-17(15)14-23-20(21-2)22-13-16-8-9-18-19(12-16)25-11-5-10-24-18;/h3-4,6-9,12H,5,10-11,13-14H2,1-2H3,(H2,21,22,23);1H. The van der Waals surface area contributed by atoms with Gasteiger partial charge in [0.05, 0.1) is 13.2 Å². The Labute approximate surface area is 172 Å². The zero-order valence-electron chi connectivity index (χ0n) is 15.2. The molecule has 1 aliphatic rings. The summed E-state index contributed by atoms with van der Waals surface area (Å²) in [6, 6.07) is 14.4. The van der Waals surface area contributed by atoms with E-state index in [2.05, 4.69) is 52.9 Å². The Bertz CT molecular complexity index is 750. The predicted molar refractivity (Wildman–Crippen MR) is 116 cm³/mol. The molecule has 0 aliphatic carbocycles. The van der Waals surface area contributed by atoms with Crippen LogP contribution in [0.2, 0.25) is 0 Å². The highest BCUT2D eigenvalue weighted by Gasteiger charge is 2.10. The van der Waals surface area contributed by atoms with Crippen LogP contribution in [0.4, 0.5) is 0 Å². The maximum Gasteiger partial charge on any atom is 0.191 e. The lowest BCUT2D eigenvalue weighted by Gasteiger charge is -2.14. The van der Waals surface area contributed by atoms with E-state index in [9.17, 15) is 0 Å². The minimum atomic E-state index is 0. The molecule has 0 spiro atoms. The Morgan fingerprint density at radius 3 is 2.50 bits per heavy atom. The Morgan fingerprint density at radius 1 is 1.00 bits per heavy atom. The number of benzene rings is 2. The van der Waals surface area contributed by atoms with Crippen LogP contribution in [0.1, 0.15) is 23.1 Å². The van der Waals surface area contributed by atoms with E-state index in [1.165, 1.54) is 11.1 Å². The Balaban J connectivity index is 0.00000243. The van der Waals surface area contributed by atoms with E-state index >= 15 is 0 Å². The molecule has 2 aromatic carbocycles. The van der Waals surface area contributed by atoms with Gasteiger partial charge in [-0.25, -0.2) is 0 Å². The molecule has 6 heteroatoms. The lowest BCUT2D eigenvalue weighted by atomic mass is 10.1. The molecule has 0 atom stereocenters. The van der Waals surface area contributed by atoms with Gasteiger partial charge in [-0.3, -0.25) is 4.99 Å². The van der Waals surface area contributed by atoms with E-state index in [1.54, 1.807) is 7.05 Å². The summed E-state index contributed by atoms with van der Waals surface area (Å²) in [5.74, 6) is 2.42. The molecule has 0 bridgehead atoms. The summed E-state index contributed by atoms with van der Waals surface area (Å²) in [6.45, 7) is 4.94. The molecule has 0 aromatic heterocycles. The monoisotopic (exact) mass is 467 g/mol. The average molecular weight is 467 g/mol. The summed E-state index contributed by atoms with van der Waals surface area (Å²) in [4.78, 5) is 4.29. The number of hydrogen-bond acceptors (Lipinski definition) is 3. The fourth-order valence-electron chi connectivity index (χ4n) is 2.71. The molecule has 0 saturated carbocycles. The number of hydrogen-bond donors (Lipinski definition) is 2. The zero-order chi connectivity index (χ0) is 17.5. The number of aryl methyl sites for hydroxylation is 1. The molecule has 3 rings (SSSR count). The van der Waals surface area contributed by atoms with E-state index in [0.29, 0.717) is 19.8 Å². The van der Waals surface area contributed by atoms with Crippen LogP contribution in [-0.4, -0.2) is 26.2 Å². The first-order valence-electron chi connectivity index (χ1n) is 8.64.